The van der Waals surface area contributed by atoms with E-state index >= 15 is 0 Å². The Hall–Kier alpha value is -2.28. The third kappa shape index (κ3) is 4.88. The van der Waals surface area contributed by atoms with Crippen LogP contribution in [0, 0.1) is 0 Å². The van der Waals surface area contributed by atoms with Gasteiger partial charge in [-0.05, 0) is 6.42 Å². The fourth-order valence-electron chi connectivity index (χ4n) is 2.84. The highest BCUT2D eigenvalue weighted by atomic mass is 32.2. The lowest BCUT2D eigenvalue weighted by Crippen LogP contribution is -2.33. The molecular weight excluding hydrogens is 350 g/mol. The van der Waals surface area contributed by atoms with Crippen molar-refractivity contribution in [3.63, 3.8) is 0 Å². The summed E-state index contributed by atoms with van der Waals surface area (Å²) < 4.78 is 5.39. The number of hydrogen-bond acceptors (Lipinski definition) is 5. The van der Waals surface area contributed by atoms with Gasteiger partial charge in [0.25, 0.3) is 5.24 Å². The lowest BCUT2D eigenvalue weighted by atomic mass is 10.1. The number of thioether (sulfide) groups is 1. The number of nitrogens with zero attached hydrogens (tertiary/aromatic N) is 3. The van der Waals surface area contributed by atoms with Crippen molar-refractivity contribution in [1.82, 2.24) is 15.0 Å². The predicted octanol–water partition coefficient (Wildman–Crippen LogP) is 3.29. The van der Waals surface area contributed by atoms with Gasteiger partial charge in [0.2, 0.25) is 5.91 Å². The summed E-state index contributed by atoms with van der Waals surface area (Å²) in [4.78, 5) is 27.2. The van der Waals surface area contributed by atoms with Gasteiger partial charge in [-0.3, -0.25) is 9.59 Å². The Morgan fingerprint density at radius 2 is 2.15 bits per heavy atom. The van der Waals surface area contributed by atoms with Crippen LogP contribution in [0.1, 0.15) is 18.6 Å². The highest BCUT2D eigenvalue weighted by Crippen LogP contribution is 2.19. The van der Waals surface area contributed by atoms with Crippen LogP contribution in [0.2, 0.25) is 0 Å². The summed E-state index contributed by atoms with van der Waals surface area (Å²) in [6.07, 6.45) is 1.92. The molecule has 3 rings (SSSR count). The first-order valence-electron chi connectivity index (χ1n) is 8.80. The Bertz CT molecular complexity index is 747. The zero-order chi connectivity index (χ0) is 18.4. The molecule has 2 amide bonds. The number of aromatic nitrogens is 1. The molecule has 1 aromatic carbocycles. The van der Waals surface area contributed by atoms with Gasteiger partial charge in [-0.15, -0.1) is 0 Å². The van der Waals surface area contributed by atoms with E-state index in [1.807, 2.05) is 36.4 Å². The number of rotatable bonds is 8. The predicted molar refractivity (Wildman–Crippen MR) is 102 cm³/mol. The highest BCUT2D eigenvalue weighted by Gasteiger charge is 2.22. The molecule has 2 aromatic rings. The molecule has 0 radical (unpaired) electrons. The van der Waals surface area contributed by atoms with Crippen molar-refractivity contribution < 1.29 is 14.1 Å². The van der Waals surface area contributed by atoms with Crippen LogP contribution in [-0.4, -0.2) is 58.5 Å². The molecule has 1 fully saturated rings. The van der Waals surface area contributed by atoms with E-state index in [1.54, 1.807) is 16.8 Å². The molecule has 0 spiro atoms. The van der Waals surface area contributed by atoms with Crippen LogP contribution in [0.3, 0.4) is 0 Å². The minimum absolute atomic E-state index is 0.0669. The maximum atomic E-state index is 12.2. The van der Waals surface area contributed by atoms with Crippen molar-refractivity contribution in [3.8, 4) is 11.3 Å². The van der Waals surface area contributed by atoms with Gasteiger partial charge in [0, 0.05) is 56.9 Å². The molecule has 0 aliphatic carbocycles. The summed E-state index contributed by atoms with van der Waals surface area (Å²) in [7, 11) is 1.80. The average Bonchev–Trinajstić information content (AvgIpc) is 3.29. The normalized spacial score (nSPS) is 14.0. The zero-order valence-corrected chi connectivity index (χ0v) is 15.7. The summed E-state index contributed by atoms with van der Waals surface area (Å²) in [5.74, 6) is 1.71. The molecule has 26 heavy (non-hydrogen) atoms. The maximum Gasteiger partial charge on any atom is 0.281 e. The zero-order valence-electron chi connectivity index (χ0n) is 14.9. The van der Waals surface area contributed by atoms with Crippen molar-refractivity contribution >= 4 is 22.9 Å². The number of carbonyl (C=O) groups excluding carboxylic acids is 2. The van der Waals surface area contributed by atoms with E-state index in [0.29, 0.717) is 19.5 Å². The van der Waals surface area contributed by atoms with Crippen molar-refractivity contribution in [2.75, 3.05) is 32.4 Å². The topological polar surface area (TPSA) is 66.7 Å². The third-order valence-corrected chi connectivity index (χ3v) is 5.30. The minimum atomic E-state index is 0.0669. The van der Waals surface area contributed by atoms with E-state index in [1.165, 1.54) is 11.8 Å². The Kier molecular flexibility index (Phi) is 6.33. The van der Waals surface area contributed by atoms with E-state index in [-0.39, 0.29) is 11.1 Å². The molecule has 6 nitrogen and oxygen atoms in total. The van der Waals surface area contributed by atoms with Gasteiger partial charge < -0.3 is 14.3 Å². The van der Waals surface area contributed by atoms with Crippen LogP contribution in [0.4, 0.5) is 4.79 Å². The van der Waals surface area contributed by atoms with Crippen LogP contribution in [0.25, 0.3) is 11.3 Å². The van der Waals surface area contributed by atoms with Crippen LogP contribution in [-0.2, 0) is 11.2 Å². The van der Waals surface area contributed by atoms with Gasteiger partial charge in [0.15, 0.2) is 0 Å². The molecular formula is C19H23N3O3S. The highest BCUT2D eigenvalue weighted by molar-refractivity contribution is 8.13. The molecule has 1 saturated heterocycles. The first-order chi connectivity index (χ1) is 12.6. The molecule has 0 atom stereocenters. The number of carbonyl (C=O) groups is 2. The summed E-state index contributed by atoms with van der Waals surface area (Å²) in [5.41, 5.74) is 1.86. The van der Waals surface area contributed by atoms with Gasteiger partial charge in [-0.25, -0.2) is 0 Å². The standard InChI is InChI=1S/C19H23N3O3S/c1-21(18(23)9-11-22-12-13-26-19(22)24)10-5-8-16-14-17(20-25-16)15-6-3-2-4-7-15/h2-4,6-7,14H,5,8-13H2,1H3. The summed E-state index contributed by atoms with van der Waals surface area (Å²) in [6.45, 7) is 1.91. The second-order valence-electron chi connectivity index (χ2n) is 6.31. The summed E-state index contributed by atoms with van der Waals surface area (Å²) in [6, 6.07) is 11.9. The quantitative estimate of drug-likeness (QED) is 0.710. The second kappa shape index (κ2) is 8.89. The van der Waals surface area contributed by atoms with Crippen LogP contribution in [0.5, 0.6) is 0 Å². The second-order valence-corrected chi connectivity index (χ2v) is 7.36. The van der Waals surface area contributed by atoms with E-state index in [2.05, 4.69) is 5.16 Å². The van der Waals surface area contributed by atoms with Crippen LogP contribution < -0.4 is 0 Å². The molecule has 1 aromatic heterocycles. The largest absolute Gasteiger partial charge is 0.361 e. The van der Waals surface area contributed by atoms with Gasteiger partial charge in [-0.2, -0.15) is 0 Å². The minimum Gasteiger partial charge on any atom is -0.361 e. The van der Waals surface area contributed by atoms with Crippen molar-refractivity contribution in [2.24, 2.45) is 0 Å². The SMILES string of the molecule is CN(CCCc1cc(-c2ccccc2)no1)C(=O)CCN1CCSC1=O. The Morgan fingerprint density at radius 1 is 1.35 bits per heavy atom. The Labute approximate surface area is 157 Å². The maximum absolute atomic E-state index is 12.2. The first-order valence-corrected chi connectivity index (χ1v) is 9.79. The number of amides is 2. The van der Waals surface area contributed by atoms with Crippen LogP contribution >= 0.6 is 11.8 Å². The number of hydrogen-bond donors (Lipinski definition) is 0. The van der Waals surface area contributed by atoms with Crippen molar-refractivity contribution in [3.05, 3.63) is 42.2 Å². The molecule has 0 N–H and O–H groups in total. The Morgan fingerprint density at radius 3 is 2.88 bits per heavy atom. The van der Waals surface area contributed by atoms with Gasteiger partial charge in [-0.1, -0.05) is 47.3 Å². The van der Waals surface area contributed by atoms with E-state index in [0.717, 1.165) is 42.2 Å². The van der Waals surface area contributed by atoms with Crippen LogP contribution in [0.15, 0.2) is 40.9 Å². The third-order valence-electron chi connectivity index (χ3n) is 4.41. The Balaban J connectivity index is 1.39. The first kappa shape index (κ1) is 18.5. The lowest BCUT2D eigenvalue weighted by Gasteiger charge is -2.19. The molecule has 1 aliphatic heterocycles. The molecule has 1 aliphatic rings. The van der Waals surface area contributed by atoms with Crippen molar-refractivity contribution in [1.29, 1.82) is 0 Å². The van der Waals surface area contributed by atoms with Gasteiger partial charge in [0.1, 0.15) is 11.5 Å². The molecule has 0 bridgehead atoms. The smallest absolute Gasteiger partial charge is 0.281 e. The van der Waals surface area contributed by atoms with Gasteiger partial charge >= 0.3 is 0 Å². The fourth-order valence-corrected chi connectivity index (χ4v) is 3.69. The van der Waals surface area contributed by atoms with E-state index < -0.39 is 0 Å². The molecule has 7 heteroatoms. The monoisotopic (exact) mass is 373 g/mol. The number of benzene rings is 1. The van der Waals surface area contributed by atoms with E-state index in [4.69, 9.17) is 4.52 Å². The number of aryl methyl sites for hydroxylation is 1. The molecule has 0 unspecified atom stereocenters. The lowest BCUT2D eigenvalue weighted by molar-refractivity contribution is -0.130. The molecule has 2 heterocycles. The summed E-state index contributed by atoms with van der Waals surface area (Å²) in [5, 5.41) is 4.19. The van der Waals surface area contributed by atoms with Crippen molar-refractivity contribution in [2.45, 2.75) is 19.3 Å². The molecule has 138 valence electrons. The fraction of sp³-hybridized carbons (Fsp3) is 0.421. The van der Waals surface area contributed by atoms with E-state index in [9.17, 15) is 9.59 Å². The average molecular weight is 373 g/mol. The van der Waals surface area contributed by atoms with Gasteiger partial charge in [0.05, 0.1) is 0 Å². The summed E-state index contributed by atoms with van der Waals surface area (Å²) >= 11 is 1.32. The molecule has 0 saturated carbocycles.